The summed E-state index contributed by atoms with van der Waals surface area (Å²) in [5.74, 6) is -2.36. The van der Waals surface area contributed by atoms with Crippen molar-refractivity contribution in [2.24, 2.45) is 0 Å². The molecule has 0 aromatic heterocycles. The molecule has 0 saturated carbocycles. The van der Waals surface area contributed by atoms with Gasteiger partial charge in [-0.1, -0.05) is 13.0 Å². The molecule has 1 aromatic rings. The van der Waals surface area contributed by atoms with Crippen LogP contribution < -0.4 is 9.62 Å². The van der Waals surface area contributed by atoms with Gasteiger partial charge in [0.1, 0.15) is 5.69 Å². The van der Waals surface area contributed by atoms with E-state index in [1.807, 2.05) is 13.8 Å². The third kappa shape index (κ3) is 4.94. The van der Waals surface area contributed by atoms with Crippen molar-refractivity contribution in [1.29, 1.82) is 0 Å². The van der Waals surface area contributed by atoms with Crippen molar-refractivity contribution >= 4 is 21.6 Å². The van der Waals surface area contributed by atoms with E-state index in [4.69, 9.17) is 0 Å². The predicted molar refractivity (Wildman–Crippen MR) is 81.1 cm³/mol. The van der Waals surface area contributed by atoms with Crippen molar-refractivity contribution in [3.05, 3.63) is 29.8 Å². The zero-order valence-electron chi connectivity index (χ0n) is 12.8. The van der Waals surface area contributed by atoms with Crippen LogP contribution >= 0.6 is 0 Å². The zero-order chi connectivity index (χ0) is 16.9. The molecule has 1 N–H and O–H groups in total. The maximum Gasteiger partial charge on any atom is 0.232 e. The van der Waals surface area contributed by atoms with Crippen LogP contribution in [0.5, 0.6) is 0 Å². The Labute approximate surface area is 129 Å². The first-order valence-corrected chi connectivity index (χ1v) is 8.72. The first kappa shape index (κ1) is 18.3. The van der Waals surface area contributed by atoms with Gasteiger partial charge in [-0.3, -0.25) is 9.10 Å². The van der Waals surface area contributed by atoms with Crippen molar-refractivity contribution in [3.63, 3.8) is 0 Å². The molecule has 1 atom stereocenters. The van der Waals surface area contributed by atoms with E-state index in [-0.39, 0.29) is 24.9 Å². The van der Waals surface area contributed by atoms with Crippen LogP contribution in [0.2, 0.25) is 0 Å². The number of nitrogens with zero attached hydrogens (tertiary/aromatic N) is 1. The number of para-hydroxylation sites is 1. The molecule has 0 heterocycles. The fourth-order valence-corrected chi connectivity index (χ4v) is 2.75. The monoisotopic (exact) mass is 334 g/mol. The second kappa shape index (κ2) is 7.53. The van der Waals surface area contributed by atoms with Gasteiger partial charge in [0.25, 0.3) is 0 Å². The molecule has 124 valence electrons. The molecule has 8 heteroatoms. The van der Waals surface area contributed by atoms with Gasteiger partial charge in [0.15, 0.2) is 11.6 Å². The van der Waals surface area contributed by atoms with Crippen LogP contribution in [-0.4, -0.2) is 33.2 Å². The van der Waals surface area contributed by atoms with Crippen LogP contribution in [0, 0.1) is 11.6 Å². The minimum Gasteiger partial charge on any atom is -0.354 e. The second-order valence-electron chi connectivity index (χ2n) is 5.03. The molecule has 1 aromatic carbocycles. The quantitative estimate of drug-likeness (QED) is 0.830. The molecule has 1 rings (SSSR count). The standard InChI is InChI=1S/C14H20F2N2O3S/c1-4-10(2)17-13(19)8-9-18(22(3,20)21)14-11(15)6-5-7-12(14)16/h5-7,10H,4,8-9H2,1-3H3,(H,17,19). The molecule has 0 radical (unpaired) electrons. The highest BCUT2D eigenvalue weighted by Gasteiger charge is 2.25. The fraction of sp³-hybridized carbons (Fsp3) is 0.500. The highest BCUT2D eigenvalue weighted by Crippen LogP contribution is 2.25. The maximum atomic E-state index is 13.8. The van der Waals surface area contributed by atoms with Gasteiger partial charge in [0.2, 0.25) is 15.9 Å². The molecule has 0 fully saturated rings. The van der Waals surface area contributed by atoms with E-state index < -0.39 is 27.3 Å². The molecular formula is C14H20F2N2O3S. The van der Waals surface area contributed by atoms with Crippen LogP contribution in [0.4, 0.5) is 14.5 Å². The Morgan fingerprint density at radius 1 is 1.32 bits per heavy atom. The number of halogens is 2. The Bertz CT molecular complexity index is 615. The summed E-state index contributed by atoms with van der Waals surface area (Å²) in [4.78, 5) is 11.7. The normalized spacial score (nSPS) is 12.8. The average molecular weight is 334 g/mol. The number of rotatable bonds is 7. The van der Waals surface area contributed by atoms with E-state index >= 15 is 0 Å². The summed E-state index contributed by atoms with van der Waals surface area (Å²) in [7, 11) is -3.92. The van der Waals surface area contributed by atoms with Gasteiger partial charge in [-0.2, -0.15) is 0 Å². The third-order valence-electron chi connectivity index (χ3n) is 3.15. The number of hydrogen-bond acceptors (Lipinski definition) is 3. The van der Waals surface area contributed by atoms with E-state index in [9.17, 15) is 22.0 Å². The van der Waals surface area contributed by atoms with Crippen LogP contribution in [0.25, 0.3) is 0 Å². The topological polar surface area (TPSA) is 66.5 Å². The first-order chi connectivity index (χ1) is 10.2. The Hall–Kier alpha value is -1.70. The lowest BCUT2D eigenvalue weighted by molar-refractivity contribution is -0.121. The molecular weight excluding hydrogens is 314 g/mol. The number of amides is 1. The van der Waals surface area contributed by atoms with Gasteiger partial charge in [-0.15, -0.1) is 0 Å². The molecule has 0 saturated heterocycles. The number of benzene rings is 1. The number of carbonyl (C=O) groups is 1. The van der Waals surface area contributed by atoms with Crippen molar-refractivity contribution in [3.8, 4) is 0 Å². The van der Waals surface area contributed by atoms with Crippen LogP contribution in [0.3, 0.4) is 0 Å². The van der Waals surface area contributed by atoms with Crippen molar-refractivity contribution in [1.82, 2.24) is 5.32 Å². The fourth-order valence-electron chi connectivity index (χ4n) is 1.82. The molecule has 0 bridgehead atoms. The van der Waals surface area contributed by atoms with Crippen LogP contribution in [0.1, 0.15) is 26.7 Å². The van der Waals surface area contributed by atoms with Crippen LogP contribution in [-0.2, 0) is 14.8 Å². The van der Waals surface area contributed by atoms with Gasteiger partial charge < -0.3 is 5.32 Å². The number of sulfonamides is 1. The maximum absolute atomic E-state index is 13.8. The summed E-state index contributed by atoms with van der Waals surface area (Å²) < 4.78 is 51.7. The summed E-state index contributed by atoms with van der Waals surface area (Å²) in [6.07, 6.45) is 1.38. The Morgan fingerprint density at radius 2 is 1.86 bits per heavy atom. The van der Waals surface area contributed by atoms with Gasteiger partial charge in [0, 0.05) is 19.0 Å². The van der Waals surface area contributed by atoms with Crippen LogP contribution in [0.15, 0.2) is 18.2 Å². The van der Waals surface area contributed by atoms with E-state index in [1.54, 1.807) is 0 Å². The lowest BCUT2D eigenvalue weighted by Gasteiger charge is -2.23. The lowest BCUT2D eigenvalue weighted by atomic mass is 10.2. The first-order valence-electron chi connectivity index (χ1n) is 6.88. The summed E-state index contributed by atoms with van der Waals surface area (Å²) in [5.41, 5.74) is -0.665. The molecule has 5 nitrogen and oxygen atoms in total. The highest BCUT2D eigenvalue weighted by atomic mass is 32.2. The Kier molecular flexibility index (Phi) is 6.28. The number of carbonyl (C=O) groups excluding carboxylic acids is 1. The molecule has 1 amide bonds. The molecule has 0 spiro atoms. The van der Waals surface area contributed by atoms with Crippen molar-refractivity contribution in [2.45, 2.75) is 32.7 Å². The minimum absolute atomic E-state index is 0.0515. The van der Waals surface area contributed by atoms with E-state index in [2.05, 4.69) is 5.32 Å². The predicted octanol–water partition coefficient (Wildman–Crippen LogP) is 2.04. The van der Waals surface area contributed by atoms with Gasteiger partial charge in [-0.25, -0.2) is 17.2 Å². The number of anilines is 1. The molecule has 0 aliphatic rings. The Morgan fingerprint density at radius 3 is 2.32 bits per heavy atom. The summed E-state index contributed by atoms with van der Waals surface area (Å²) in [5, 5.41) is 2.67. The zero-order valence-corrected chi connectivity index (χ0v) is 13.6. The van der Waals surface area contributed by atoms with Crippen molar-refractivity contribution in [2.75, 3.05) is 17.1 Å². The highest BCUT2D eigenvalue weighted by molar-refractivity contribution is 7.92. The van der Waals surface area contributed by atoms with E-state index in [0.29, 0.717) is 4.31 Å². The van der Waals surface area contributed by atoms with Gasteiger partial charge in [0.05, 0.1) is 6.26 Å². The molecule has 22 heavy (non-hydrogen) atoms. The SMILES string of the molecule is CCC(C)NC(=O)CCN(c1c(F)cccc1F)S(C)(=O)=O. The van der Waals surface area contributed by atoms with E-state index in [1.165, 1.54) is 0 Å². The third-order valence-corrected chi connectivity index (χ3v) is 4.31. The average Bonchev–Trinajstić information content (AvgIpc) is 2.40. The van der Waals surface area contributed by atoms with Crippen molar-refractivity contribution < 1.29 is 22.0 Å². The number of nitrogens with one attached hydrogen (secondary N) is 1. The van der Waals surface area contributed by atoms with Gasteiger partial charge in [-0.05, 0) is 25.5 Å². The summed E-state index contributed by atoms with van der Waals surface area (Å²) in [6.45, 7) is 3.37. The second-order valence-corrected chi connectivity index (χ2v) is 6.94. The van der Waals surface area contributed by atoms with E-state index in [0.717, 1.165) is 30.9 Å². The lowest BCUT2D eigenvalue weighted by Crippen LogP contribution is -2.38. The summed E-state index contributed by atoms with van der Waals surface area (Å²) in [6, 6.07) is 3.03. The molecule has 0 aliphatic carbocycles. The summed E-state index contributed by atoms with van der Waals surface area (Å²) >= 11 is 0. The smallest absolute Gasteiger partial charge is 0.232 e. The largest absolute Gasteiger partial charge is 0.354 e. The molecule has 1 unspecified atom stereocenters. The van der Waals surface area contributed by atoms with Gasteiger partial charge >= 0.3 is 0 Å². The Balaban J connectivity index is 2.95. The number of hydrogen-bond donors (Lipinski definition) is 1. The molecule has 0 aliphatic heterocycles. The minimum atomic E-state index is -3.92.